The lowest BCUT2D eigenvalue weighted by atomic mass is 10.3. The van der Waals surface area contributed by atoms with Gasteiger partial charge in [0.05, 0.1) is 5.69 Å². The lowest BCUT2D eigenvalue weighted by Gasteiger charge is -1.95. The van der Waals surface area contributed by atoms with Crippen LogP contribution in [0.1, 0.15) is 11.7 Å². The molecule has 0 aliphatic heterocycles. The molecule has 0 spiro atoms. The molecular weight excluding hydrogens is 248 g/mol. The molecule has 0 radical (unpaired) electrons. The van der Waals surface area contributed by atoms with Crippen LogP contribution in [0.2, 0.25) is 0 Å². The maximum Gasteiger partial charge on any atom is 0.368 e. The zero-order valence-electron chi connectivity index (χ0n) is 10.1. The molecule has 3 aromatic rings. The van der Waals surface area contributed by atoms with Gasteiger partial charge in [0.1, 0.15) is 6.54 Å². The summed E-state index contributed by atoms with van der Waals surface area (Å²) in [4.78, 5) is 16.1. The Balaban J connectivity index is 1.93. The van der Waals surface area contributed by atoms with Gasteiger partial charge in [-0.15, -0.1) is 0 Å². The highest BCUT2D eigenvalue weighted by atomic mass is 16.5. The third kappa shape index (κ3) is 2.15. The van der Waals surface area contributed by atoms with Gasteiger partial charge in [-0.1, -0.05) is 23.4 Å². The van der Waals surface area contributed by atoms with Crippen LogP contribution in [0.15, 0.2) is 39.6 Å². The van der Waals surface area contributed by atoms with E-state index in [1.54, 1.807) is 19.1 Å². The van der Waals surface area contributed by atoms with Crippen LogP contribution in [0.5, 0.6) is 0 Å². The van der Waals surface area contributed by atoms with E-state index in [4.69, 9.17) is 4.52 Å². The topological polar surface area (TPSA) is 91.6 Å². The van der Waals surface area contributed by atoms with Gasteiger partial charge in [0, 0.05) is 0 Å². The van der Waals surface area contributed by atoms with Crippen LogP contribution in [0.4, 0.5) is 0 Å². The van der Waals surface area contributed by atoms with E-state index in [0.717, 1.165) is 0 Å². The minimum atomic E-state index is -0.359. The predicted octanol–water partition coefficient (Wildman–Crippen LogP) is 0.169. The van der Waals surface area contributed by atoms with Crippen LogP contribution in [0, 0.1) is 6.92 Å². The highest BCUT2D eigenvalue weighted by Gasteiger charge is 2.11. The van der Waals surface area contributed by atoms with Crippen molar-refractivity contribution in [2.24, 2.45) is 0 Å². The second-order valence-electron chi connectivity index (χ2n) is 3.90. The van der Waals surface area contributed by atoms with Crippen molar-refractivity contribution in [3.63, 3.8) is 0 Å². The zero-order chi connectivity index (χ0) is 13.2. The van der Waals surface area contributed by atoms with Gasteiger partial charge in [0.25, 0.3) is 0 Å². The monoisotopic (exact) mass is 258 g/mol. The number of hydrogen-bond donors (Lipinski definition) is 0. The molecule has 0 aliphatic carbocycles. The van der Waals surface area contributed by atoms with E-state index in [2.05, 4.69) is 20.6 Å². The molecule has 2 heterocycles. The van der Waals surface area contributed by atoms with Crippen LogP contribution in [-0.2, 0) is 6.54 Å². The van der Waals surface area contributed by atoms with Crippen molar-refractivity contribution < 1.29 is 4.52 Å². The van der Waals surface area contributed by atoms with E-state index in [9.17, 15) is 4.79 Å². The summed E-state index contributed by atoms with van der Waals surface area (Å²) in [6.07, 6.45) is 0. The minimum absolute atomic E-state index is 0.104. The fourth-order valence-electron chi connectivity index (χ4n) is 1.64. The lowest BCUT2D eigenvalue weighted by Crippen LogP contribution is -2.24. The smallest absolute Gasteiger partial charge is 0.337 e. The van der Waals surface area contributed by atoms with Crippen molar-refractivity contribution in [1.82, 2.24) is 29.9 Å². The summed E-state index contributed by atoms with van der Waals surface area (Å²) in [5, 5.41) is 11.3. The van der Waals surface area contributed by atoms with Gasteiger partial charge >= 0.3 is 5.69 Å². The molecule has 8 heteroatoms. The Hall–Kier alpha value is -2.77. The fourth-order valence-corrected chi connectivity index (χ4v) is 1.64. The van der Waals surface area contributed by atoms with Gasteiger partial charge in [0.15, 0.2) is 5.82 Å². The molecule has 2 aromatic heterocycles. The van der Waals surface area contributed by atoms with Gasteiger partial charge in [-0.25, -0.2) is 4.79 Å². The van der Waals surface area contributed by atoms with E-state index < -0.39 is 0 Å². The van der Waals surface area contributed by atoms with Crippen molar-refractivity contribution in [2.75, 3.05) is 0 Å². The second kappa shape index (κ2) is 4.48. The second-order valence-corrected chi connectivity index (χ2v) is 3.90. The van der Waals surface area contributed by atoms with Crippen LogP contribution in [0.25, 0.3) is 5.69 Å². The quantitative estimate of drug-likeness (QED) is 0.665. The van der Waals surface area contributed by atoms with E-state index in [-0.39, 0.29) is 12.2 Å². The first-order valence-corrected chi connectivity index (χ1v) is 5.61. The van der Waals surface area contributed by atoms with Gasteiger partial charge in [-0.2, -0.15) is 14.3 Å². The molecule has 0 N–H and O–H groups in total. The fraction of sp³-hybridized carbons (Fsp3) is 0.182. The average molecular weight is 258 g/mol. The summed E-state index contributed by atoms with van der Waals surface area (Å²) < 4.78 is 7.32. The Kier molecular flexibility index (Phi) is 2.67. The number of benzene rings is 1. The highest BCUT2D eigenvalue weighted by molar-refractivity contribution is 5.28. The first-order chi connectivity index (χ1) is 9.24. The lowest BCUT2D eigenvalue weighted by molar-refractivity contribution is 0.359. The SMILES string of the molecule is Cc1noc(Cn2nnn(-c3ccccc3)c2=O)n1. The molecule has 8 nitrogen and oxygen atoms in total. The summed E-state index contributed by atoms with van der Waals surface area (Å²) in [6, 6.07) is 9.05. The van der Waals surface area contributed by atoms with Gasteiger partial charge in [-0.05, 0) is 29.5 Å². The van der Waals surface area contributed by atoms with Gasteiger partial charge in [0.2, 0.25) is 5.89 Å². The molecule has 0 saturated carbocycles. The number of hydrogen-bond acceptors (Lipinski definition) is 6. The number of rotatable bonds is 3. The van der Waals surface area contributed by atoms with E-state index in [1.165, 1.54) is 9.36 Å². The molecule has 0 atom stereocenters. The molecule has 0 bridgehead atoms. The molecule has 0 saturated heterocycles. The summed E-state index contributed by atoms with van der Waals surface area (Å²) in [6.45, 7) is 1.81. The number of aromatic nitrogens is 6. The number of para-hydroxylation sites is 1. The average Bonchev–Trinajstić information content (AvgIpc) is 2.99. The molecule has 96 valence electrons. The molecule has 0 fully saturated rings. The Morgan fingerprint density at radius 1 is 1.21 bits per heavy atom. The van der Waals surface area contributed by atoms with Crippen molar-refractivity contribution in [2.45, 2.75) is 13.5 Å². The molecule has 19 heavy (non-hydrogen) atoms. The summed E-state index contributed by atoms with van der Waals surface area (Å²) >= 11 is 0. The van der Waals surface area contributed by atoms with Crippen molar-refractivity contribution >= 4 is 0 Å². The number of nitrogens with zero attached hydrogens (tertiary/aromatic N) is 6. The minimum Gasteiger partial charge on any atom is -0.337 e. The predicted molar refractivity (Wildman–Crippen MR) is 63.8 cm³/mol. The third-order valence-corrected chi connectivity index (χ3v) is 2.49. The number of aryl methyl sites for hydroxylation is 1. The van der Waals surface area contributed by atoms with Crippen LogP contribution >= 0.6 is 0 Å². The van der Waals surface area contributed by atoms with E-state index in [0.29, 0.717) is 17.4 Å². The summed E-state index contributed by atoms with van der Waals surface area (Å²) in [7, 11) is 0. The normalized spacial score (nSPS) is 10.8. The first kappa shape index (κ1) is 11.3. The van der Waals surface area contributed by atoms with Gasteiger partial charge in [-0.3, -0.25) is 0 Å². The van der Waals surface area contributed by atoms with Crippen molar-refractivity contribution in [3.05, 3.63) is 52.5 Å². The van der Waals surface area contributed by atoms with E-state index in [1.807, 2.05) is 18.2 Å². The van der Waals surface area contributed by atoms with Crippen molar-refractivity contribution in [3.8, 4) is 5.69 Å². The Labute approximate surface area is 107 Å². The molecule has 1 aromatic carbocycles. The van der Waals surface area contributed by atoms with Crippen LogP contribution < -0.4 is 5.69 Å². The van der Waals surface area contributed by atoms with Crippen LogP contribution in [0.3, 0.4) is 0 Å². The molecule has 0 unspecified atom stereocenters. The van der Waals surface area contributed by atoms with Crippen molar-refractivity contribution in [1.29, 1.82) is 0 Å². The largest absolute Gasteiger partial charge is 0.368 e. The highest BCUT2D eigenvalue weighted by Crippen LogP contribution is 2.01. The molecule has 3 rings (SSSR count). The maximum absolute atomic E-state index is 12.1. The first-order valence-electron chi connectivity index (χ1n) is 5.61. The molecule has 0 aliphatic rings. The molecule has 0 amide bonds. The van der Waals surface area contributed by atoms with Crippen LogP contribution in [-0.4, -0.2) is 29.9 Å². The maximum atomic E-state index is 12.1. The Morgan fingerprint density at radius 3 is 2.68 bits per heavy atom. The summed E-state index contributed by atoms with van der Waals surface area (Å²) in [5.74, 6) is 0.832. The third-order valence-electron chi connectivity index (χ3n) is 2.49. The number of tetrazole rings is 1. The molecular formula is C11H10N6O2. The Morgan fingerprint density at radius 2 is 2.00 bits per heavy atom. The Bertz CT molecular complexity index is 742. The summed E-state index contributed by atoms with van der Waals surface area (Å²) in [5.41, 5.74) is 0.294. The standard InChI is InChI=1S/C11H10N6O2/c1-8-12-10(19-13-8)7-16-11(18)17(15-14-16)9-5-3-2-4-6-9/h2-6H,7H2,1H3. The van der Waals surface area contributed by atoms with E-state index >= 15 is 0 Å². The van der Waals surface area contributed by atoms with Gasteiger partial charge < -0.3 is 4.52 Å². The zero-order valence-corrected chi connectivity index (χ0v) is 10.1.